The van der Waals surface area contributed by atoms with Gasteiger partial charge >= 0.3 is 0 Å². The fraction of sp³-hybridized carbons (Fsp3) is 0.333. The topological polar surface area (TPSA) is 58.4 Å². The van der Waals surface area contributed by atoms with E-state index < -0.39 is 4.92 Å². The lowest BCUT2D eigenvalue weighted by Crippen LogP contribution is -2.18. The van der Waals surface area contributed by atoms with Crippen molar-refractivity contribution in [2.24, 2.45) is 0 Å². The number of hydrogen-bond donors (Lipinski definition) is 1. The zero-order valence-electron chi connectivity index (χ0n) is 13.4. The first kappa shape index (κ1) is 16.7. The van der Waals surface area contributed by atoms with Gasteiger partial charge in [-0.15, -0.1) is 0 Å². The van der Waals surface area contributed by atoms with Crippen molar-refractivity contribution in [1.82, 2.24) is 4.90 Å². The van der Waals surface area contributed by atoms with Gasteiger partial charge < -0.3 is 5.32 Å². The summed E-state index contributed by atoms with van der Waals surface area (Å²) in [5, 5.41) is 14.3. The largest absolute Gasteiger partial charge is 0.380 e. The standard InChI is InChI=1S/C18H20ClN3O2/c19-17-11-16(22(23)24)7-8-18(17)20-12-14-3-5-15(6-4-14)13-21-9-1-2-10-21/h3-8,11,20H,1-2,9-10,12-13H2. The monoisotopic (exact) mass is 345 g/mol. The van der Waals surface area contributed by atoms with E-state index in [0.717, 1.165) is 12.1 Å². The molecule has 1 saturated heterocycles. The molecule has 3 rings (SSSR count). The van der Waals surface area contributed by atoms with Crippen LogP contribution in [0.4, 0.5) is 11.4 Å². The van der Waals surface area contributed by atoms with E-state index in [9.17, 15) is 10.1 Å². The smallest absolute Gasteiger partial charge is 0.271 e. The summed E-state index contributed by atoms with van der Waals surface area (Å²) >= 11 is 6.09. The number of rotatable bonds is 6. The van der Waals surface area contributed by atoms with Crippen LogP contribution in [-0.4, -0.2) is 22.9 Å². The van der Waals surface area contributed by atoms with Crippen LogP contribution in [0.5, 0.6) is 0 Å². The van der Waals surface area contributed by atoms with Crippen molar-refractivity contribution < 1.29 is 4.92 Å². The Labute approximate surface area is 146 Å². The number of halogens is 1. The predicted octanol–water partition coefficient (Wildman–Crippen LogP) is 4.46. The molecule has 6 heteroatoms. The van der Waals surface area contributed by atoms with E-state index in [-0.39, 0.29) is 5.69 Å². The van der Waals surface area contributed by atoms with Gasteiger partial charge in [0.15, 0.2) is 0 Å². The molecule has 1 heterocycles. The lowest BCUT2D eigenvalue weighted by atomic mass is 10.1. The highest BCUT2D eigenvalue weighted by Gasteiger charge is 2.12. The lowest BCUT2D eigenvalue weighted by molar-refractivity contribution is -0.384. The molecular formula is C18H20ClN3O2. The molecule has 1 aliphatic heterocycles. The molecule has 1 fully saturated rings. The summed E-state index contributed by atoms with van der Waals surface area (Å²) in [5.41, 5.74) is 3.17. The molecule has 0 bridgehead atoms. The summed E-state index contributed by atoms with van der Waals surface area (Å²) in [6.07, 6.45) is 2.61. The molecule has 0 unspecified atom stereocenters. The fourth-order valence-electron chi connectivity index (χ4n) is 2.92. The van der Waals surface area contributed by atoms with Crippen LogP contribution in [0.1, 0.15) is 24.0 Å². The second-order valence-corrected chi connectivity index (χ2v) is 6.48. The van der Waals surface area contributed by atoms with E-state index in [1.54, 1.807) is 6.07 Å². The van der Waals surface area contributed by atoms with Crippen molar-refractivity contribution >= 4 is 23.0 Å². The van der Waals surface area contributed by atoms with Crippen molar-refractivity contribution in [3.8, 4) is 0 Å². The first-order valence-electron chi connectivity index (χ1n) is 8.10. The van der Waals surface area contributed by atoms with Crippen molar-refractivity contribution in [1.29, 1.82) is 0 Å². The third kappa shape index (κ3) is 4.24. The minimum absolute atomic E-state index is 0.00295. The van der Waals surface area contributed by atoms with Crippen molar-refractivity contribution in [3.05, 3.63) is 68.7 Å². The number of nitro benzene ring substituents is 1. The molecule has 0 aliphatic carbocycles. The van der Waals surface area contributed by atoms with Crippen LogP contribution in [0.15, 0.2) is 42.5 Å². The van der Waals surface area contributed by atoms with Gasteiger partial charge in [0, 0.05) is 25.2 Å². The summed E-state index contributed by atoms with van der Waals surface area (Å²) < 4.78 is 0. The maximum Gasteiger partial charge on any atom is 0.271 e. The molecule has 0 saturated carbocycles. The van der Waals surface area contributed by atoms with E-state index in [1.807, 2.05) is 0 Å². The van der Waals surface area contributed by atoms with Crippen molar-refractivity contribution in [2.75, 3.05) is 18.4 Å². The van der Waals surface area contributed by atoms with Gasteiger partial charge in [0.25, 0.3) is 5.69 Å². The van der Waals surface area contributed by atoms with Gasteiger partial charge in [0.1, 0.15) is 0 Å². The number of hydrogen-bond acceptors (Lipinski definition) is 4. The van der Waals surface area contributed by atoms with Crippen LogP contribution in [0.3, 0.4) is 0 Å². The average molecular weight is 346 g/mol. The summed E-state index contributed by atoms with van der Waals surface area (Å²) in [7, 11) is 0. The Morgan fingerprint density at radius 3 is 2.38 bits per heavy atom. The maximum absolute atomic E-state index is 10.7. The summed E-state index contributed by atoms with van der Waals surface area (Å²) in [5.74, 6) is 0. The Kier molecular flexibility index (Phi) is 5.33. The average Bonchev–Trinajstić information content (AvgIpc) is 3.08. The van der Waals surface area contributed by atoms with Crippen LogP contribution in [-0.2, 0) is 13.1 Å². The molecular weight excluding hydrogens is 326 g/mol. The van der Waals surface area contributed by atoms with Crippen LogP contribution >= 0.6 is 11.6 Å². The van der Waals surface area contributed by atoms with Crippen LogP contribution in [0, 0.1) is 10.1 Å². The maximum atomic E-state index is 10.7. The van der Waals surface area contributed by atoms with Gasteiger partial charge in [0.2, 0.25) is 0 Å². The SMILES string of the molecule is O=[N+]([O-])c1ccc(NCc2ccc(CN3CCCC3)cc2)c(Cl)c1. The van der Waals surface area contributed by atoms with Gasteiger partial charge in [-0.3, -0.25) is 15.0 Å². The first-order chi connectivity index (χ1) is 11.6. The molecule has 1 N–H and O–H groups in total. The highest BCUT2D eigenvalue weighted by molar-refractivity contribution is 6.33. The number of likely N-dealkylation sites (tertiary alicyclic amines) is 1. The second kappa shape index (κ2) is 7.64. The molecule has 24 heavy (non-hydrogen) atoms. The number of nitrogens with one attached hydrogen (secondary N) is 1. The molecule has 2 aromatic carbocycles. The van der Waals surface area contributed by atoms with Crippen LogP contribution in [0.25, 0.3) is 0 Å². The minimum Gasteiger partial charge on any atom is -0.380 e. The number of nitrogens with zero attached hydrogens (tertiary/aromatic N) is 2. The molecule has 1 aliphatic rings. The van der Waals surface area contributed by atoms with Gasteiger partial charge in [-0.05, 0) is 43.1 Å². The highest BCUT2D eigenvalue weighted by atomic mass is 35.5. The fourth-order valence-corrected chi connectivity index (χ4v) is 3.16. The quantitative estimate of drug-likeness (QED) is 0.620. The number of anilines is 1. The number of non-ortho nitro benzene ring substituents is 1. The molecule has 0 spiro atoms. The number of nitro groups is 1. The Hall–Kier alpha value is -2.11. The van der Waals surface area contributed by atoms with E-state index in [4.69, 9.17) is 11.6 Å². The summed E-state index contributed by atoms with van der Waals surface area (Å²) in [6, 6.07) is 13.0. The minimum atomic E-state index is -0.450. The predicted molar refractivity (Wildman–Crippen MR) is 96.4 cm³/mol. The van der Waals surface area contributed by atoms with E-state index >= 15 is 0 Å². The summed E-state index contributed by atoms with van der Waals surface area (Å²) in [6.45, 7) is 4.04. The molecule has 0 aromatic heterocycles. The second-order valence-electron chi connectivity index (χ2n) is 6.07. The highest BCUT2D eigenvalue weighted by Crippen LogP contribution is 2.27. The zero-order valence-corrected chi connectivity index (χ0v) is 14.1. The Balaban J connectivity index is 1.57. The van der Waals surface area contributed by atoms with Crippen molar-refractivity contribution in [3.63, 3.8) is 0 Å². The van der Waals surface area contributed by atoms with Gasteiger partial charge in [-0.2, -0.15) is 0 Å². The van der Waals surface area contributed by atoms with E-state index in [2.05, 4.69) is 34.5 Å². The third-order valence-electron chi connectivity index (χ3n) is 4.27. The Bertz CT molecular complexity index is 713. The van der Waals surface area contributed by atoms with Crippen molar-refractivity contribution in [2.45, 2.75) is 25.9 Å². The molecule has 0 amide bonds. The number of benzene rings is 2. The Morgan fingerprint density at radius 2 is 1.75 bits per heavy atom. The Morgan fingerprint density at radius 1 is 1.08 bits per heavy atom. The summed E-state index contributed by atoms with van der Waals surface area (Å²) in [4.78, 5) is 12.7. The van der Waals surface area contributed by atoms with Gasteiger partial charge in [0.05, 0.1) is 15.6 Å². The van der Waals surface area contributed by atoms with Gasteiger partial charge in [-0.25, -0.2) is 0 Å². The molecule has 5 nitrogen and oxygen atoms in total. The van der Waals surface area contributed by atoms with Gasteiger partial charge in [-0.1, -0.05) is 35.9 Å². The zero-order chi connectivity index (χ0) is 16.9. The third-order valence-corrected chi connectivity index (χ3v) is 4.59. The molecule has 2 aromatic rings. The van der Waals surface area contributed by atoms with Crippen LogP contribution in [0.2, 0.25) is 5.02 Å². The lowest BCUT2D eigenvalue weighted by Gasteiger charge is -2.15. The normalized spacial score (nSPS) is 14.7. The molecule has 0 radical (unpaired) electrons. The first-order valence-corrected chi connectivity index (χ1v) is 8.47. The van der Waals surface area contributed by atoms with Crippen LogP contribution < -0.4 is 5.32 Å². The van der Waals surface area contributed by atoms with E-state index in [0.29, 0.717) is 17.3 Å². The molecule has 126 valence electrons. The van der Waals surface area contributed by atoms with E-state index in [1.165, 1.54) is 43.6 Å². The molecule has 0 atom stereocenters.